The quantitative estimate of drug-likeness (QED) is 0.871. The number of thiazole rings is 1. The van der Waals surface area contributed by atoms with Gasteiger partial charge in [-0.15, -0.1) is 11.3 Å². The number of aromatic nitrogens is 1. The summed E-state index contributed by atoms with van der Waals surface area (Å²) < 4.78 is 5.36. The molecule has 0 saturated carbocycles. The third kappa shape index (κ3) is 2.98. The number of carbonyl (C=O) groups excluding carboxylic acids is 1. The van der Waals surface area contributed by atoms with Crippen molar-refractivity contribution in [1.29, 1.82) is 0 Å². The van der Waals surface area contributed by atoms with Crippen molar-refractivity contribution in [3.63, 3.8) is 0 Å². The van der Waals surface area contributed by atoms with Crippen LogP contribution in [0.3, 0.4) is 0 Å². The lowest BCUT2D eigenvalue weighted by atomic mass is 10.2. The van der Waals surface area contributed by atoms with E-state index in [4.69, 9.17) is 4.74 Å². The number of carbonyl (C=O) groups is 1. The number of amides is 1. The molecule has 22 heavy (non-hydrogen) atoms. The lowest BCUT2D eigenvalue weighted by molar-refractivity contribution is 0.0659. The van der Waals surface area contributed by atoms with Gasteiger partial charge in [-0.05, 0) is 19.2 Å². The van der Waals surface area contributed by atoms with Crippen molar-refractivity contribution in [3.8, 4) is 16.3 Å². The molecule has 0 N–H and O–H groups in total. The van der Waals surface area contributed by atoms with Crippen LogP contribution in [0.25, 0.3) is 10.6 Å². The van der Waals surface area contributed by atoms with Crippen LogP contribution < -0.4 is 4.74 Å². The Morgan fingerprint density at radius 2 is 1.95 bits per heavy atom. The van der Waals surface area contributed by atoms with Crippen LogP contribution in [0, 0.1) is 0 Å². The topological polar surface area (TPSA) is 45.7 Å². The molecule has 1 aliphatic rings. The minimum atomic E-state index is 0.0190. The van der Waals surface area contributed by atoms with Crippen molar-refractivity contribution in [2.75, 3.05) is 40.3 Å². The highest BCUT2D eigenvalue weighted by molar-refractivity contribution is 7.13. The van der Waals surface area contributed by atoms with Crippen LogP contribution in [-0.2, 0) is 0 Å². The Bertz CT molecular complexity index is 663. The maximum atomic E-state index is 12.5. The molecule has 0 atom stereocenters. The van der Waals surface area contributed by atoms with Gasteiger partial charge in [-0.3, -0.25) is 4.79 Å². The number of hydrogen-bond donors (Lipinski definition) is 0. The lowest BCUT2D eigenvalue weighted by Gasteiger charge is -2.31. The summed E-state index contributed by atoms with van der Waals surface area (Å²) in [6, 6.07) is 7.73. The van der Waals surface area contributed by atoms with Crippen LogP contribution in [0.2, 0.25) is 0 Å². The van der Waals surface area contributed by atoms with E-state index in [0.717, 1.165) is 42.5 Å². The number of methoxy groups -OCH3 is 1. The zero-order chi connectivity index (χ0) is 15.5. The number of piperazine rings is 1. The van der Waals surface area contributed by atoms with E-state index in [2.05, 4.69) is 16.9 Å². The smallest absolute Gasteiger partial charge is 0.273 e. The highest BCUT2D eigenvalue weighted by atomic mass is 32.1. The Balaban J connectivity index is 1.80. The van der Waals surface area contributed by atoms with E-state index in [1.807, 2.05) is 34.5 Å². The van der Waals surface area contributed by atoms with Gasteiger partial charge in [0.15, 0.2) is 0 Å². The molecule has 1 aliphatic heterocycles. The van der Waals surface area contributed by atoms with E-state index < -0.39 is 0 Å². The Hall–Kier alpha value is -1.92. The second-order valence-corrected chi connectivity index (χ2v) is 6.19. The van der Waals surface area contributed by atoms with Crippen LogP contribution in [0.5, 0.6) is 5.75 Å². The number of benzene rings is 1. The third-order valence-electron chi connectivity index (χ3n) is 3.85. The largest absolute Gasteiger partial charge is 0.496 e. The third-order valence-corrected chi connectivity index (χ3v) is 4.73. The summed E-state index contributed by atoms with van der Waals surface area (Å²) in [6.45, 7) is 3.35. The van der Waals surface area contributed by atoms with Crippen LogP contribution in [0.1, 0.15) is 10.5 Å². The Kier molecular flexibility index (Phi) is 4.40. The number of para-hydroxylation sites is 1. The average molecular weight is 317 g/mol. The molecule has 0 aliphatic carbocycles. The lowest BCUT2D eigenvalue weighted by Crippen LogP contribution is -2.47. The molecule has 0 radical (unpaired) electrons. The highest BCUT2D eigenvalue weighted by Crippen LogP contribution is 2.32. The number of rotatable bonds is 3. The first-order chi connectivity index (χ1) is 10.7. The van der Waals surface area contributed by atoms with Gasteiger partial charge in [-0.2, -0.15) is 0 Å². The van der Waals surface area contributed by atoms with Gasteiger partial charge >= 0.3 is 0 Å². The van der Waals surface area contributed by atoms with Crippen LogP contribution in [0.15, 0.2) is 29.6 Å². The zero-order valence-corrected chi connectivity index (χ0v) is 13.6. The van der Waals surface area contributed by atoms with E-state index in [1.54, 1.807) is 7.11 Å². The van der Waals surface area contributed by atoms with Crippen molar-refractivity contribution in [1.82, 2.24) is 14.8 Å². The maximum Gasteiger partial charge on any atom is 0.273 e. The maximum absolute atomic E-state index is 12.5. The monoisotopic (exact) mass is 317 g/mol. The summed E-state index contributed by atoms with van der Waals surface area (Å²) in [5, 5.41) is 2.65. The van der Waals surface area contributed by atoms with Gasteiger partial charge in [0, 0.05) is 31.6 Å². The SMILES string of the molecule is COc1ccccc1-c1nc(C(=O)N2CCN(C)CC2)cs1. The predicted molar refractivity (Wildman–Crippen MR) is 87.5 cm³/mol. The van der Waals surface area contributed by atoms with E-state index in [9.17, 15) is 4.79 Å². The van der Waals surface area contributed by atoms with Crippen molar-refractivity contribution in [2.24, 2.45) is 0 Å². The summed E-state index contributed by atoms with van der Waals surface area (Å²) in [5.41, 5.74) is 1.45. The number of likely N-dealkylation sites (N-methyl/N-ethyl adjacent to an activating group) is 1. The fraction of sp³-hybridized carbons (Fsp3) is 0.375. The second-order valence-electron chi connectivity index (χ2n) is 5.33. The molecule has 1 saturated heterocycles. The molecule has 6 heteroatoms. The van der Waals surface area contributed by atoms with E-state index in [1.165, 1.54) is 11.3 Å². The zero-order valence-electron chi connectivity index (χ0n) is 12.8. The summed E-state index contributed by atoms with van der Waals surface area (Å²) in [6.07, 6.45) is 0. The molecule has 1 fully saturated rings. The van der Waals surface area contributed by atoms with Gasteiger partial charge in [0.2, 0.25) is 0 Å². The van der Waals surface area contributed by atoms with Gasteiger partial charge in [0.1, 0.15) is 16.5 Å². The fourth-order valence-electron chi connectivity index (χ4n) is 2.49. The molecule has 116 valence electrons. The van der Waals surface area contributed by atoms with Crippen molar-refractivity contribution < 1.29 is 9.53 Å². The predicted octanol–water partition coefficient (Wildman–Crippen LogP) is 2.21. The van der Waals surface area contributed by atoms with Gasteiger partial charge in [-0.25, -0.2) is 4.98 Å². The Morgan fingerprint density at radius 3 is 2.68 bits per heavy atom. The molecule has 0 unspecified atom stereocenters. The molecule has 5 nitrogen and oxygen atoms in total. The second kappa shape index (κ2) is 6.46. The molecule has 0 spiro atoms. The molecule has 2 heterocycles. The molecule has 1 aromatic heterocycles. The Labute approximate surface area is 134 Å². The molecule has 1 aromatic carbocycles. The van der Waals surface area contributed by atoms with E-state index >= 15 is 0 Å². The fourth-order valence-corrected chi connectivity index (χ4v) is 3.31. The molecule has 3 rings (SSSR count). The van der Waals surface area contributed by atoms with Crippen molar-refractivity contribution in [2.45, 2.75) is 0 Å². The highest BCUT2D eigenvalue weighted by Gasteiger charge is 2.23. The summed E-state index contributed by atoms with van der Waals surface area (Å²) in [4.78, 5) is 21.1. The van der Waals surface area contributed by atoms with E-state index in [-0.39, 0.29) is 5.91 Å². The minimum absolute atomic E-state index is 0.0190. The number of nitrogens with zero attached hydrogens (tertiary/aromatic N) is 3. The van der Waals surface area contributed by atoms with Crippen LogP contribution >= 0.6 is 11.3 Å². The standard InChI is InChI=1S/C16H19N3O2S/c1-18-7-9-19(10-8-18)16(20)13-11-22-15(17-13)12-5-3-4-6-14(12)21-2/h3-6,11H,7-10H2,1-2H3. The van der Waals surface area contributed by atoms with Gasteiger partial charge in [0.25, 0.3) is 5.91 Å². The van der Waals surface area contributed by atoms with E-state index in [0.29, 0.717) is 5.69 Å². The molecule has 0 bridgehead atoms. The summed E-state index contributed by atoms with van der Waals surface area (Å²) in [7, 11) is 3.72. The van der Waals surface area contributed by atoms with Gasteiger partial charge in [0.05, 0.1) is 12.7 Å². The number of hydrogen-bond acceptors (Lipinski definition) is 5. The van der Waals surface area contributed by atoms with Gasteiger partial charge < -0.3 is 14.5 Å². The molecular formula is C16H19N3O2S. The van der Waals surface area contributed by atoms with Crippen molar-refractivity contribution in [3.05, 3.63) is 35.3 Å². The van der Waals surface area contributed by atoms with Crippen molar-refractivity contribution >= 4 is 17.2 Å². The normalized spacial score (nSPS) is 15.8. The first-order valence-corrected chi connectivity index (χ1v) is 8.13. The number of ether oxygens (including phenoxy) is 1. The molecular weight excluding hydrogens is 298 g/mol. The summed E-state index contributed by atoms with van der Waals surface area (Å²) >= 11 is 1.48. The van der Waals surface area contributed by atoms with Crippen LogP contribution in [-0.4, -0.2) is 61.0 Å². The minimum Gasteiger partial charge on any atom is -0.496 e. The summed E-state index contributed by atoms with van der Waals surface area (Å²) in [5.74, 6) is 0.793. The first-order valence-electron chi connectivity index (χ1n) is 7.26. The first kappa shape index (κ1) is 15.0. The van der Waals surface area contributed by atoms with Gasteiger partial charge in [-0.1, -0.05) is 12.1 Å². The Morgan fingerprint density at radius 1 is 1.23 bits per heavy atom. The van der Waals surface area contributed by atoms with Crippen LogP contribution in [0.4, 0.5) is 0 Å². The molecule has 2 aromatic rings. The average Bonchev–Trinajstić information content (AvgIpc) is 3.04. The molecule has 1 amide bonds.